The number of hydrogen-bond donors (Lipinski definition) is 1. The van der Waals surface area contributed by atoms with E-state index in [1.165, 1.54) is 4.88 Å². The Labute approximate surface area is 119 Å². The van der Waals surface area contributed by atoms with Gasteiger partial charge in [-0.15, -0.1) is 11.3 Å². The lowest BCUT2D eigenvalue weighted by molar-refractivity contribution is 0.174. The van der Waals surface area contributed by atoms with Gasteiger partial charge in [-0.05, 0) is 30.7 Å². The second kappa shape index (κ2) is 5.99. The van der Waals surface area contributed by atoms with Gasteiger partial charge >= 0.3 is 0 Å². The Hall–Kier alpha value is -0.970. The monoisotopic (exact) mass is 302 g/mol. The lowest BCUT2D eigenvalue weighted by atomic mass is 10.0. The molecule has 1 nitrogen and oxygen atoms in total. The van der Waals surface area contributed by atoms with Crippen LogP contribution >= 0.6 is 22.9 Å². The molecule has 0 aliphatic carbocycles. The van der Waals surface area contributed by atoms with Gasteiger partial charge in [0.1, 0.15) is 11.6 Å². The summed E-state index contributed by atoms with van der Waals surface area (Å²) in [6.45, 7) is 2.04. The number of aliphatic hydroxyl groups is 1. The van der Waals surface area contributed by atoms with E-state index in [4.69, 9.17) is 11.6 Å². The summed E-state index contributed by atoms with van der Waals surface area (Å²) in [5, 5.41) is 9.73. The zero-order valence-corrected chi connectivity index (χ0v) is 11.9. The van der Waals surface area contributed by atoms with Crippen molar-refractivity contribution in [1.82, 2.24) is 0 Å². The minimum absolute atomic E-state index is 0.0617. The van der Waals surface area contributed by atoms with Crippen LogP contribution in [0.4, 0.5) is 8.78 Å². The highest BCUT2D eigenvalue weighted by molar-refractivity contribution is 7.11. The molecule has 19 heavy (non-hydrogen) atoms. The molecular formula is C14H13ClF2OS. The van der Waals surface area contributed by atoms with Crippen LogP contribution in [0.5, 0.6) is 0 Å². The van der Waals surface area contributed by atoms with E-state index in [0.29, 0.717) is 0 Å². The molecule has 5 heteroatoms. The summed E-state index contributed by atoms with van der Waals surface area (Å²) in [7, 11) is 0. The fourth-order valence-corrected chi connectivity index (χ4v) is 2.96. The molecular weight excluding hydrogens is 290 g/mol. The summed E-state index contributed by atoms with van der Waals surface area (Å²) in [6, 6.07) is 5.72. The Balaban J connectivity index is 2.19. The maximum Gasteiger partial charge on any atom is 0.142 e. The molecule has 0 saturated heterocycles. The number of rotatable bonds is 4. The van der Waals surface area contributed by atoms with E-state index in [0.717, 1.165) is 23.4 Å². The first-order valence-corrected chi connectivity index (χ1v) is 7.10. The van der Waals surface area contributed by atoms with Gasteiger partial charge in [0.05, 0.1) is 11.1 Å². The van der Waals surface area contributed by atoms with Crippen LogP contribution in [0.25, 0.3) is 0 Å². The van der Waals surface area contributed by atoms with Crippen LogP contribution in [0, 0.1) is 11.6 Å². The summed E-state index contributed by atoms with van der Waals surface area (Å²) in [4.78, 5) is 2.14. The molecule has 1 unspecified atom stereocenters. The zero-order valence-electron chi connectivity index (χ0n) is 10.3. The molecule has 0 radical (unpaired) electrons. The first kappa shape index (κ1) is 14.4. The molecule has 1 N–H and O–H groups in total. The Morgan fingerprint density at radius 3 is 2.53 bits per heavy atom. The van der Waals surface area contributed by atoms with Crippen molar-refractivity contribution in [3.05, 3.63) is 56.2 Å². The van der Waals surface area contributed by atoms with E-state index in [9.17, 15) is 13.9 Å². The van der Waals surface area contributed by atoms with Crippen LogP contribution in [-0.4, -0.2) is 5.11 Å². The largest absolute Gasteiger partial charge is 0.388 e. The van der Waals surface area contributed by atoms with E-state index < -0.39 is 17.7 Å². The second-order valence-corrected chi connectivity index (χ2v) is 5.89. The molecule has 1 aromatic carbocycles. The molecule has 0 bridgehead atoms. The highest BCUT2D eigenvalue weighted by Gasteiger charge is 2.17. The smallest absolute Gasteiger partial charge is 0.142 e. The fraction of sp³-hybridized carbons (Fsp3) is 0.286. The molecule has 1 aromatic heterocycles. The van der Waals surface area contributed by atoms with Crippen LogP contribution in [0.3, 0.4) is 0 Å². The van der Waals surface area contributed by atoms with Crippen LogP contribution in [0.2, 0.25) is 5.02 Å². The lowest BCUT2D eigenvalue weighted by Crippen LogP contribution is -2.04. The van der Waals surface area contributed by atoms with Crippen LogP contribution < -0.4 is 0 Å². The molecule has 0 aliphatic rings. The standard InChI is InChI=1S/C14H13ClF2OS/c1-2-8-3-4-9(19-8)5-14(18)10-6-13(17)11(15)7-12(10)16/h3-4,6-7,14,18H,2,5H2,1H3. The normalized spacial score (nSPS) is 12.7. The van der Waals surface area contributed by atoms with Gasteiger partial charge in [0, 0.05) is 21.7 Å². The van der Waals surface area contributed by atoms with Crippen molar-refractivity contribution < 1.29 is 13.9 Å². The molecule has 0 fully saturated rings. The minimum Gasteiger partial charge on any atom is -0.388 e. The predicted molar refractivity (Wildman–Crippen MR) is 73.7 cm³/mol. The van der Waals surface area contributed by atoms with E-state index >= 15 is 0 Å². The Bertz CT molecular complexity index is 583. The third-order valence-corrected chi connectivity index (χ3v) is 4.40. The highest BCUT2D eigenvalue weighted by Crippen LogP contribution is 2.28. The topological polar surface area (TPSA) is 20.2 Å². The van der Waals surface area contributed by atoms with Crippen molar-refractivity contribution in [3.8, 4) is 0 Å². The molecule has 2 rings (SSSR count). The maximum absolute atomic E-state index is 13.6. The molecule has 1 atom stereocenters. The summed E-state index contributed by atoms with van der Waals surface area (Å²) in [6.07, 6.45) is 0.114. The maximum atomic E-state index is 13.6. The molecule has 0 saturated carbocycles. The molecule has 0 amide bonds. The first-order valence-electron chi connectivity index (χ1n) is 5.91. The Kier molecular flexibility index (Phi) is 4.55. The molecule has 2 aromatic rings. The third-order valence-electron chi connectivity index (χ3n) is 2.86. The van der Waals surface area contributed by atoms with Gasteiger partial charge in [0.2, 0.25) is 0 Å². The van der Waals surface area contributed by atoms with E-state index in [-0.39, 0.29) is 17.0 Å². The average Bonchev–Trinajstić information content (AvgIpc) is 2.81. The van der Waals surface area contributed by atoms with Gasteiger partial charge in [0.25, 0.3) is 0 Å². The van der Waals surface area contributed by atoms with E-state index in [1.807, 2.05) is 19.1 Å². The summed E-state index contributed by atoms with van der Waals surface area (Å²) < 4.78 is 27.0. The van der Waals surface area contributed by atoms with E-state index in [1.54, 1.807) is 11.3 Å². The zero-order chi connectivity index (χ0) is 14.0. The predicted octanol–water partition coefficient (Wildman–Crippen LogP) is 4.52. The van der Waals surface area contributed by atoms with Gasteiger partial charge in [-0.25, -0.2) is 8.78 Å². The van der Waals surface area contributed by atoms with E-state index in [2.05, 4.69) is 0 Å². The van der Waals surface area contributed by atoms with Crippen LogP contribution in [0.15, 0.2) is 24.3 Å². The van der Waals surface area contributed by atoms with Crippen LogP contribution in [0.1, 0.15) is 28.3 Å². The van der Waals surface area contributed by atoms with Gasteiger partial charge in [-0.2, -0.15) is 0 Å². The fourth-order valence-electron chi connectivity index (χ4n) is 1.82. The van der Waals surface area contributed by atoms with Crippen molar-refractivity contribution in [2.24, 2.45) is 0 Å². The number of thiophene rings is 1. The minimum atomic E-state index is -1.07. The number of benzene rings is 1. The molecule has 1 heterocycles. The van der Waals surface area contributed by atoms with Crippen molar-refractivity contribution in [1.29, 1.82) is 0 Å². The number of aryl methyl sites for hydroxylation is 1. The highest BCUT2D eigenvalue weighted by atomic mass is 35.5. The lowest BCUT2D eigenvalue weighted by Gasteiger charge is -2.11. The van der Waals surface area contributed by atoms with Gasteiger partial charge in [-0.3, -0.25) is 0 Å². The second-order valence-electron chi connectivity index (χ2n) is 4.23. The number of aliphatic hydroxyl groups excluding tert-OH is 1. The first-order chi connectivity index (χ1) is 9.01. The van der Waals surface area contributed by atoms with Crippen molar-refractivity contribution in [3.63, 3.8) is 0 Å². The van der Waals surface area contributed by atoms with Crippen molar-refractivity contribution in [2.75, 3.05) is 0 Å². The van der Waals surface area contributed by atoms with Crippen LogP contribution in [-0.2, 0) is 12.8 Å². The molecule has 0 aliphatic heterocycles. The Morgan fingerprint density at radius 1 is 1.21 bits per heavy atom. The van der Waals surface area contributed by atoms with Gasteiger partial charge in [-0.1, -0.05) is 18.5 Å². The molecule has 0 spiro atoms. The Morgan fingerprint density at radius 2 is 1.89 bits per heavy atom. The quantitative estimate of drug-likeness (QED) is 0.823. The van der Waals surface area contributed by atoms with Gasteiger partial charge < -0.3 is 5.11 Å². The van der Waals surface area contributed by atoms with Crippen molar-refractivity contribution in [2.45, 2.75) is 25.9 Å². The third kappa shape index (κ3) is 3.32. The summed E-state index contributed by atoms with van der Waals surface area (Å²) >= 11 is 7.05. The summed E-state index contributed by atoms with van der Waals surface area (Å²) in [5.41, 5.74) is -0.0617. The number of halogens is 3. The summed E-state index contributed by atoms with van der Waals surface area (Å²) in [5.74, 6) is -1.41. The van der Waals surface area contributed by atoms with Gasteiger partial charge in [0.15, 0.2) is 0 Å². The molecule has 102 valence electrons. The number of hydrogen-bond acceptors (Lipinski definition) is 2. The van der Waals surface area contributed by atoms with Crippen molar-refractivity contribution >= 4 is 22.9 Å². The average molecular weight is 303 g/mol. The SMILES string of the molecule is CCc1ccc(CC(O)c2cc(F)c(Cl)cc2F)s1.